The highest BCUT2D eigenvalue weighted by molar-refractivity contribution is 7.89. The van der Waals surface area contributed by atoms with E-state index in [1.807, 2.05) is 0 Å². The van der Waals surface area contributed by atoms with Crippen LogP contribution in [0.5, 0.6) is 5.75 Å². The highest BCUT2D eigenvalue weighted by Crippen LogP contribution is 2.27. The minimum Gasteiger partial charge on any atom is -0.496 e. The first-order valence-corrected chi connectivity index (χ1v) is 13.5. The summed E-state index contributed by atoms with van der Waals surface area (Å²) in [4.78, 5) is 13.1. The Hall–Kier alpha value is -2.47. The van der Waals surface area contributed by atoms with Gasteiger partial charge in [-0.15, -0.1) is 0 Å². The number of ether oxygens (including phenoxy) is 1. The van der Waals surface area contributed by atoms with E-state index in [0.717, 1.165) is 30.0 Å². The minimum atomic E-state index is -3.76. The van der Waals surface area contributed by atoms with Crippen molar-refractivity contribution in [3.63, 3.8) is 0 Å². The van der Waals surface area contributed by atoms with Gasteiger partial charge in [-0.1, -0.05) is 18.9 Å². The van der Waals surface area contributed by atoms with Gasteiger partial charge in [0, 0.05) is 32.9 Å². The van der Waals surface area contributed by atoms with E-state index in [9.17, 15) is 21.6 Å². The van der Waals surface area contributed by atoms with Crippen molar-refractivity contribution in [3.8, 4) is 5.75 Å². The molecule has 1 N–H and O–H groups in total. The molecule has 0 unspecified atom stereocenters. The molecule has 2 aromatic rings. The lowest BCUT2D eigenvalue weighted by molar-refractivity contribution is 0.102. The molecule has 0 atom stereocenters. The van der Waals surface area contributed by atoms with Crippen molar-refractivity contribution >= 4 is 31.6 Å². The molecule has 0 aromatic heterocycles. The van der Waals surface area contributed by atoms with Crippen LogP contribution in [0.25, 0.3) is 0 Å². The number of sulfonamides is 2. The van der Waals surface area contributed by atoms with Gasteiger partial charge >= 0.3 is 0 Å². The second-order valence-electron chi connectivity index (χ2n) is 7.95. The van der Waals surface area contributed by atoms with E-state index in [1.165, 1.54) is 61.9 Å². The van der Waals surface area contributed by atoms with Gasteiger partial charge in [-0.25, -0.2) is 21.1 Å². The van der Waals surface area contributed by atoms with Crippen LogP contribution in [0.15, 0.2) is 52.3 Å². The molecule has 1 fully saturated rings. The first-order valence-electron chi connectivity index (χ1n) is 10.6. The summed E-state index contributed by atoms with van der Waals surface area (Å²) in [5.74, 6) is -0.404. The Morgan fingerprint density at radius 2 is 1.61 bits per heavy atom. The van der Waals surface area contributed by atoms with Gasteiger partial charge < -0.3 is 10.1 Å². The molecule has 0 aliphatic carbocycles. The predicted molar refractivity (Wildman–Crippen MR) is 125 cm³/mol. The molecule has 11 heteroatoms. The largest absolute Gasteiger partial charge is 0.496 e. The van der Waals surface area contributed by atoms with Crippen LogP contribution in [0.2, 0.25) is 0 Å². The standard InChI is InChI=1S/C22H29N3O6S2/c1-24(2)32(27,28)18-10-8-9-17(15-18)23-22(26)20-16-19(11-12-21(20)31-3)33(29,30)25-13-6-4-5-7-14-25/h8-12,15-16H,4-7,13-14H2,1-3H3,(H,23,26). The molecule has 1 saturated heterocycles. The van der Waals surface area contributed by atoms with Crippen molar-refractivity contribution in [1.82, 2.24) is 8.61 Å². The molecule has 0 saturated carbocycles. The van der Waals surface area contributed by atoms with Crippen molar-refractivity contribution in [2.45, 2.75) is 35.5 Å². The quantitative estimate of drug-likeness (QED) is 0.632. The van der Waals surface area contributed by atoms with Crippen LogP contribution >= 0.6 is 0 Å². The molecular formula is C22H29N3O6S2. The fraction of sp³-hybridized carbons (Fsp3) is 0.409. The van der Waals surface area contributed by atoms with E-state index in [-0.39, 0.29) is 26.8 Å². The summed E-state index contributed by atoms with van der Waals surface area (Å²) >= 11 is 0. The van der Waals surface area contributed by atoms with Gasteiger partial charge in [-0.3, -0.25) is 4.79 Å². The van der Waals surface area contributed by atoms with Crippen LogP contribution in [-0.2, 0) is 20.0 Å². The number of anilines is 1. The van der Waals surface area contributed by atoms with Gasteiger partial charge in [0.2, 0.25) is 20.0 Å². The Morgan fingerprint density at radius 3 is 2.21 bits per heavy atom. The van der Waals surface area contributed by atoms with Crippen LogP contribution in [-0.4, -0.2) is 65.6 Å². The van der Waals surface area contributed by atoms with Gasteiger partial charge in [-0.2, -0.15) is 4.31 Å². The van der Waals surface area contributed by atoms with Gasteiger partial charge in [0.25, 0.3) is 5.91 Å². The van der Waals surface area contributed by atoms with Crippen molar-refractivity contribution in [2.24, 2.45) is 0 Å². The van der Waals surface area contributed by atoms with Crippen LogP contribution in [0.1, 0.15) is 36.0 Å². The maximum atomic E-state index is 13.2. The molecule has 0 spiro atoms. The summed E-state index contributed by atoms with van der Waals surface area (Å²) in [6, 6.07) is 10.0. The zero-order valence-electron chi connectivity index (χ0n) is 18.9. The van der Waals surface area contributed by atoms with Crippen LogP contribution in [0.3, 0.4) is 0 Å². The third-order valence-corrected chi connectivity index (χ3v) is 9.19. The predicted octanol–water partition coefficient (Wildman–Crippen LogP) is 2.76. The number of nitrogens with one attached hydrogen (secondary N) is 1. The molecule has 1 aliphatic rings. The van der Waals surface area contributed by atoms with E-state index in [2.05, 4.69) is 5.32 Å². The number of benzene rings is 2. The molecule has 180 valence electrons. The normalized spacial score (nSPS) is 15.8. The average molecular weight is 496 g/mol. The van der Waals surface area contributed by atoms with E-state index in [0.29, 0.717) is 13.1 Å². The molecule has 1 heterocycles. The number of carbonyl (C=O) groups is 1. The van der Waals surface area contributed by atoms with Gasteiger partial charge in [-0.05, 0) is 49.2 Å². The first kappa shape index (κ1) is 25.2. The Balaban J connectivity index is 1.92. The van der Waals surface area contributed by atoms with E-state index >= 15 is 0 Å². The van der Waals surface area contributed by atoms with Gasteiger partial charge in [0.1, 0.15) is 5.75 Å². The lowest BCUT2D eigenvalue weighted by atomic mass is 10.2. The molecule has 2 aromatic carbocycles. The van der Waals surface area contributed by atoms with Gasteiger partial charge in [0.05, 0.1) is 22.5 Å². The zero-order valence-corrected chi connectivity index (χ0v) is 20.6. The molecule has 33 heavy (non-hydrogen) atoms. The number of amides is 1. The highest BCUT2D eigenvalue weighted by atomic mass is 32.2. The summed E-state index contributed by atoms with van der Waals surface area (Å²) in [7, 11) is -3.22. The molecular weight excluding hydrogens is 466 g/mol. The van der Waals surface area contributed by atoms with Crippen molar-refractivity contribution in [2.75, 3.05) is 39.6 Å². The zero-order chi connectivity index (χ0) is 24.2. The minimum absolute atomic E-state index is 0.0132. The van der Waals surface area contributed by atoms with Crippen LogP contribution in [0.4, 0.5) is 5.69 Å². The number of rotatable bonds is 7. The average Bonchev–Trinajstić information content (AvgIpc) is 3.09. The third kappa shape index (κ3) is 5.55. The number of nitrogens with zero attached hydrogens (tertiary/aromatic N) is 2. The molecule has 9 nitrogen and oxygen atoms in total. The summed E-state index contributed by atoms with van der Waals surface area (Å²) in [6.45, 7) is 0.895. The van der Waals surface area contributed by atoms with Crippen molar-refractivity contribution < 1.29 is 26.4 Å². The Labute approximate surface area is 195 Å². The summed E-state index contributed by atoms with van der Waals surface area (Å²) in [5.41, 5.74) is 0.292. The maximum absolute atomic E-state index is 13.2. The molecule has 1 aliphatic heterocycles. The van der Waals surface area contributed by atoms with Crippen LogP contribution in [0, 0.1) is 0 Å². The Kier molecular flexibility index (Phi) is 7.78. The summed E-state index contributed by atoms with van der Waals surface area (Å²) < 4.78 is 58.9. The van der Waals surface area contributed by atoms with E-state index < -0.39 is 26.0 Å². The Bertz CT molecular complexity index is 1220. The second-order valence-corrected chi connectivity index (χ2v) is 12.0. The van der Waals surface area contributed by atoms with Gasteiger partial charge in [0.15, 0.2) is 0 Å². The summed E-state index contributed by atoms with van der Waals surface area (Å²) in [5, 5.41) is 2.64. The summed E-state index contributed by atoms with van der Waals surface area (Å²) in [6.07, 6.45) is 3.58. The monoisotopic (exact) mass is 495 g/mol. The molecule has 1 amide bonds. The molecule has 3 rings (SSSR count). The number of methoxy groups -OCH3 is 1. The highest BCUT2D eigenvalue weighted by Gasteiger charge is 2.27. The molecule has 0 radical (unpaired) electrons. The van der Waals surface area contributed by atoms with Crippen molar-refractivity contribution in [1.29, 1.82) is 0 Å². The Morgan fingerprint density at radius 1 is 0.939 bits per heavy atom. The van der Waals surface area contributed by atoms with E-state index in [1.54, 1.807) is 6.07 Å². The number of carbonyl (C=O) groups excluding carboxylic acids is 1. The first-order chi connectivity index (χ1) is 15.6. The van der Waals surface area contributed by atoms with E-state index in [4.69, 9.17) is 4.74 Å². The SMILES string of the molecule is COc1ccc(S(=O)(=O)N2CCCCCC2)cc1C(=O)Nc1cccc(S(=O)(=O)N(C)C)c1. The lowest BCUT2D eigenvalue weighted by Crippen LogP contribution is -2.32. The maximum Gasteiger partial charge on any atom is 0.259 e. The second kappa shape index (κ2) is 10.2. The smallest absolute Gasteiger partial charge is 0.259 e. The fourth-order valence-electron chi connectivity index (χ4n) is 3.60. The third-order valence-electron chi connectivity index (χ3n) is 5.49. The van der Waals surface area contributed by atoms with Crippen LogP contribution < -0.4 is 10.1 Å². The fourth-order valence-corrected chi connectivity index (χ4v) is 6.09. The number of hydrogen-bond acceptors (Lipinski definition) is 6. The lowest BCUT2D eigenvalue weighted by Gasteiger charge is -2.20. The number of hydrogen-bond donors (Lipinski definition) is 1. The van der Waals surface area contributed by atoms with Crippen molar-refractivity contribution in [3.05, 3.63) is 48.0 Å². The molecule has 0 bridgehead atoms. The topological polar surface area (TPSA) is 113 Å².